The lowest BCUT2D eigenvalue weighted by Crippen LogP contribution is -2.42. The summed E-state index contributed by atoms with van der Waals surface area (Å²) in [4.78, 5) is 34.0. The highest BCUT2D eigenvalue weighted by Gasteiger charge is 2.46. The van der Waals surface area contributed by atoms with Crippen molar-refractivity contribution in [3.05, 3.63) is 45.6 Å². The summed E-state index contributed by atoms with van der Waals surface area (Å²) >= 11 is 0. The van der Waals surface area contributed by atoms with E-state index in [1.807, 2.05) is 0 Å². The summed E-state index contributed by atoms with van der Waals surface area (Å²) in [5.41, 5.74) is 4.23. The molecule has 0 aromatic heterocycles. The number of hydrogen-bond donors (Lipinski definition) is 2. The summed E-state index contributed by atoms with van der Waals surface area (Å²) in [6, 6.07) is 4.64. The zero-order chi connectivity index (χ0) is 22.6. The van der Waals surface area contributed by atoms with Crippen LogP contribution in [0, 0.1) is 21.4 Å². The van der Waals surface area contributed by atoms with Crippen LogP contribution < -0.4 is 5.73 Å². The highest BCUT2D eigenvalue weighted by atomic mass is 32.2. The first kappa shape index (κ1) is 22.9. The fourth-order valence-electron chi connectivity index (χ4n) is 2.89. The predicted molar refractivity (Wildman–Crippen MR) is 99.9 cm³/mol. The van der Waals surface area contributed by atoms with E-state index in [2.05, 4.69) is 0 Å². The second-order valence-electron chi connectivity index (χ2n) is 6.41. The molecule has 0 radical (unpaired) electrons. The number of aliphatic hydroxyl groups excluding tert-OH is 1. The quantitative estimate of drug-likeness (QED) is 0.186. The fraction of sp³-hybridized carbons (Fsp3) is 0.353. The third kappa shape index (κ3) is 4.62. The number of nitriles is 1. The van der Waals surface area contributed by atoms with Gasteiger partial charge in [-0.2, -0.15) is 9.57 Å². The Labute approximate surface area is 171 Å². The van der Waals surface area contributed by atoms with E-state index in [1.54, 1.807) is 6.07 Å². The monoisotopic (exact) mass is 438 g/mol. The number of aliphatic hydroxyl groups is 1. The smallest absolute Gasteiger partial charge is 0.325 e. The van der Waals surface area contributed by atoms with Crippen molar-refractivity contribution in [3.63, 3.8) is 0 Å². The van der Waals surface area contributed by atoms with Gasteiger partial charge in [-0.25, -0.2) is 8.42 Å². The molecule has 0 amide bonds. The van der Waals surface area contributed by atoms with Crippen LogP contribution in [-0.2, 0) is 24.3 Å². The minimum atomic E-state index is -4.55. The van der Waals surface area contributed by atoms with Gasteiger partial charge in [-0.05, 0) is 13.0 Å². The Morgan fingerprint density at radius 3 is 2.63 bits per heavy atom. The van der Waals surface area contributed by atoms with E-state index >= 15 is 0 Å². The number of rotatable bonds is 7. The molecule has 30 heavy (non-hydrogen) atoms. The van der Waals surface area contributed by atoms with Gasteiger partial charge in [0.15, 0.2) is 11.5 Å². The number of nitrogens with two attached hydrogens (primary N) is 1. The van der Waals surface area contributed by atoms with Crippen LogP contribution in [0.3, 0.4) is 0 Å². The fourth-order valence-corrected chi connectivity index (χ4v) is 4.68. The van der Waals surface area contributed by atoms with Crippen LogP contribution in [0.4, 0.5) is 5.69 Å². The van der Waals surface area contributed by atoms with Crippen LogP contribution in [-0.4, -0.2) is 59.8 Å². The molecule has 1 fully saturated rings. The molecule has 12 nitrogen and oxygen atoms in total. The maximum Gasteiger partial charge on any atom is 0.325 e. The number of esters is 1. The van der Waals surface area contributed by atoms with Crippen molar-refractivity contribution < 1.29 is 32.8 Å². The normalized spacial score (nSPS) is 20.2. The molecule has 2 rings (SSSR count). The predicted octanol–water partition coefficient (Wildman–Crippen LogP) is -0.413. The van der Waals surface area contributed by atoms with Crippen molar-refractivity contribution in [2.75, 3.05) is 13.2 Å². The third-order valence-electron chi connectivity index (χ3n) is 4.28. The molecule has 2 atom stereocenters. The molecule has 0 spiro atoms. The van der Waals surface area contributed by atoms with E-state index < -0.39 is 68.2 Å². The molecule has 13 heteroatoms. The van der Waals surface area contributed by atoms with Gasteiger partial charge in [0, 0.05) is 24.7 Å². The molecular weight excluding hydrogens is 420 g/mol. The lowest BCUT2D eigenvalue weighted by Gasteiger charge is -2.22. The molecular formula is C17H18N4O8S. The van der Waals surface area contributed by atoms with Gasteiger partial charge in [0.05, 0.1) is 11.0 Å². The summed E-state index contributed by atoms with van der Waals surface area (Å²) in [5.74, 6) is -2.02. The van der Waals surface area contributed by atoms with Crippen molar-refractivity contribution in [3.8, 4) is 6.07 Å². The zero-order valence-electron chi connectivity index (χ0n) is 15.7. The topological polar surface area (TPSA) is 194 Å². The number of ether oxygens (including phenoxy) is 1. The molecule has 1 heterocycles. The summed E-state index contributed by atoms with van der Waals surface area (Å²) in [6.45, 7) is -0.0394. The Morgan fingerprint density at radius 2 is 2.07 bits per heavy atom. The number of β-amino-alcohol motifs (C(OH)–C–C–N with tert-alkyl or cyclic N) is 1. The Balaban J connectivity index is 2.28. The SMILES string of the molecule is C/C(N)=C(\C#N)C(=O)COC(=O)C1CC(O)CN1S(=O)(=O)c1ccccc1[N+](=O)[O-]. The van der Waals surface area contributed by atoms with Gasteiger partial charge in [-0.1, -0.05) is 12.1 Å². The number of hydrogen-bond acceptors (Lipinski definition) is 10. The maximum atomic E-state index is 13.0. The number of benzene rings is 1. The van der Waals surface area contributed by atoms with Crippen molar-refractivity contribution >= 4 is 27.5 Å². The van der Waals surface area contributed by atoms with Crippen molar-refractivity contribution in [1.82, 2.24) is 4.31 Å². The van der Waals surface area contributed by atoms with Gasteiger partial charge in [0.2, 0.25) is 5.78 Å². The number of nitro groups is 1. The van der Waals surface area contributed by atoms with E-state index in [1.165, 1.54) is 19.1 Å². The molecule has 1 aromatic carbocycles. The average Bonchev–Trinajstić information content (AvgIpc) is 3.09. The molecule has 0 saturated carbocycles. The summed E-state index contributed by atoms with van der Waals surface area (Å²) in [5, 5.41) is 30.0. The van der Waals surface area contributed by atoms with Gasteiger partial charge in [0.25, 0.3) is 15.7 Å². The first-order chi connectivity index (χ1) is 14.0. The number of ketones is 1. The Morgan fingerprint density at radius 1 is 1.43 bits per heavy atom. The van der Waals surface area contributed by atoms with E-state index in [0.29, 0.717) is 4.31 Å². The number of carbonyl (C=O) groups is 2. The number of Topliss-reactive ketones (excluding diaryl/α,β-unsaturated/α-hetero) is 1. The molecule has 1 aliphatic rings. The Kier molecular flexibility index (Phi) is 6.88. The second kappa shape index (κ2) is 8.99. The van der Waals surface area contributed by atoms with E-state index in [0.717, 1.165) is 12.1 Å². The summed E-state index contributed by atoms with van der Waals surface area (Å²) in [6.07, 6.45) is -1.55. The van der Waals surface area contributed by atoms with E-state index in [9.17, 15) is 33.2 Å². The average molecular weight is 438 g/mol. The number of nitro benzene ring substituents is 1. The van der Waals surface area contributed by atoms with Gasteiger partial charge in [0.1, 0.15) is 17.7 Å². The molecule has 3 N–H and O–H groups in total. The highest BCUT2D eigenvalue weighted by molar-refractivity contribution is 7.89. The number of para-hydroxylation sites is 1. The lowest BCUT2D eigenvalue weighted by molar-refractivity contribution is -0.387. The highest BCUT2D eigenvalue weighted by Crippen LogP contribution is 2.31. The number of allylic oxidation sites excluding steroid dienone is 1. The van der Waals surface area contributed by atoms with Crippen LogP contribution in [0.1, 0.15) is 13.3 Å². The van der Waals surface area contributed by atoms with Crippen LogP contribution in [0.15, 0.2) is 40.4 Å². The van der Waals surface area contributed by atoms with Crippen LogP contribution in [0.2, 0.25) is 0 Å². The minimum Gasteiger partial charge on any atom is -0.456 e. The van der Waals surface area contributed by atoms with E-state index in [4.69, 9.17) is 15.7 Å². The largest absolute Gasteiger partial charge is 0.456 e. The van der Waals surface area contributed by atoms with Crippen LogP contribution in [0.25, 0.3) is 0 Å². The Bertz CT molecular complexity index is 1060. The first-order valence-corrected chi connectivity index (χ1v) is 9.94. The lowest BCUT2D eigenvalue weighted by atomic mass is 10.1. The van der Waals surface area contributed by atoms with Gasteiger partial charge >= 0.3 is 5.97 Å². The number of nitrogens with zero attached hydrogens (tertiary/aromatic N) is 3. The molecule has 0 bridgehead atoms. The van der Waals surface area contributed by atoms with Gasteiger partial charge in [-0.3, -0.25) is 19.7 Å². The second-order valence-corrected chi connectivity index (χ2v) is 8.26. The molecule has 1 aromatic rings. The summed E-state index contributed by atoms with van der Waals surface area (Å²) in [7, 11) is -4.55. The zero-order valence-corrected chi connectivity index (χ0v) is 16.5. The summed E-state index contributed by atoms with van der Waals surface area (Å²) < 4.78 is 31.4. The van der Waals surface area contributed by atoms with Crippen molar-refractivity contribution in [2.24, 2.45) is 5.73 Å². The molecule has 160 valence electrons. The standard InChI is InChI=1S/C17H18N4O8S/c1-10(19)12(7-18)15(23)9-29-17(24)14-6-11(22)8-20(14)30(27,28)16-5-3-2-4-13(16)21(25)26/h2-5,11,14,22H,6,8-9,19H2,1H3/b12-10-. The number of sulfonamides is 1. The van der Waals surface area contributed by atoms with E-state index in [-0.39, 0.29) is 12.1 Å². The molecule has 2 unspecified atom stereocenters. The van der Waals surface area contributed by atoms with Crippen molar-refractivity contribution in [2.45, 2.75) is 30.4 Å². The maximum absolute atomic E-state index is 13.0. The molecule has 1 aliphatic heterocycles. The van der Waals surface area contributed by atoms with Crippen LogP contribution >= 0.6 is 0 Å². The Hall–Kier alpha value is -3.34. The van der Waals surface area contributed by atoms with Gasteiger partial charge < -0.3 is 15.6 Å². The molecule has 0 aliphatic carbocycles. The van der Waals surface area contributed by atoms with Crippen molar-refractivity contribution in [1.29, 1.82) is 5.26 Å². The van der Waals surface area contributed by atoms with Crippen LogP contribution in [0.5, 0.6) is 0 Å². The minimum absolute atomic E-state index is 0.0737. The first-order valence-electron chi connectivity index (χ1n) is 8.50. The number of carbonyl (C=O) groups excluding carboxylic acids is 2. The van der Waals surface area contributed by atoms with Gasteiger partial charge in [-0.15, -0.1) is 0 Å². The molecule has 1 saturated heterocycles. The third-order valence-corrected chi connectivity index (χ3v) is 6.21.